The molecule has 17 heavy (non-hydrogen) atoms. The summed E-state index contributed by atoms with van der Waals surface area (Å²) in [6.45, 7) is -1.61. The first-order chi connectivity index (χ1) is 8.03. The Labute approximate surface area is 98.0 Å². The van der Waals surface area contributed by atoms with Gasteiger partial charge in [-0.25, -0.2) is 8.78 Å². The Morgan fingerprint density at radius 3 is 2.59 bits per heavy atom. The quantitative estimate of drug-likeness (QED) is 0.763. The molecule has 0 saturated heterocycles. The van der Waals surface area contributed by atoms with Crippen LogP contribution < -0.4 is 11.1 Å². The van der Waals surface area contributed by atoms with Gasteiger partial charge in [-0.1, -0.05) is 24.1 Å². The van der Waals surface area contributed by atoms with Crippen LogP contribution in [-0.4, -0.2) is 24.9 Å². The number of benzene rings is 1. The minimum Gasteiger partial charge on any atom is -0.339 e. The van der Waals surface area contributed by atoms with Gasteiger partial charge in [-0.2, -0.15) is 0 Å². The molecule has 0 aromatic heterocycles. The van der Waals surface area contributed by atoms with Crippen LogP contribution in [0.3, 0.4) is 0 Å². The molecule has 1 aromatic carbocycles. The first-order valence-electron chi connectivity index (χ1n) is 4.96. The zero-order valence-electron chi connectivity index (χ0n) is 9.04. The fourth-order valence-corrected chi connectivity index (χ4v) is 0.976. The summed E-state index contributed by atoms with van der Waals surface area (Å²) in [7, 11) is 0. The van der Waals surface area contributed by atoms with Gasteiger partial charge >= 0.3 is 0 Å². The lowest BCUT2D eigenvalue weighted by molar-refractivity contribution is -0.117. The Bertz CT molecular complexity index is 435. The second-order valence-corrected chi connectivity index (χ2v) is 3.36. The molecule has 1 rings (SSSR count). The predicted octanol–water partition coefficient (Wildman–Crippen LogP) is 0.748. The largest absolute Gasteiger partial charge is 0.339 e. The van der Waals surface area contributed by atoms with Crippen molar-refractivity contribution in [2.24, 2.45) is 5.73 Å². The first kappa shape index (κ1) is 13.1. The molecule has 0 aliphatic rings. The van der Waals surface area contributed by atoms with Gasteiger partial charge in [0, 0.05) is 11.5 Å². The lowest BCUT2D eigenvalue weighted by atomic mass is 10.2. The summed E-state index contributed by atoms with van der Waals surface area (Å²) in [4.78, 5) is 11.1. The molecule has 1 amide bonds. The van der Waals surface area contributed by atoms with Gasteiger partial charge in [-0.3, -0.25) is 4.79 Å². The standard InChI is InChI=1S/C12H12F2N2O/c13-12(14,8-15)9-16-11(17)7-6-10-4-2-1-3-5-10/h1-5H,8-9,15H2,(H,16,17). The number of nitrogens with one attached hydrogen (secondary N) is 1. The monoisotopic (exact) mass is 238 g/mol. The topological polar surface area (TPSA) is 55.1 Å². The van der Waals surface area contributed by atoms with Crippen LogP contribution in [0.4, 0.5) is 8.78 Å². The maximum atomic E-state index is 12.7. The lowest BCUT2D eigenvalue weighted by Crippen LogP contribution is -2.41. The van der Waals surface area contributed by atoms with Crippen LogP contribution in [0.2, 0.25) is 0 Å². The Kier molecular flexibility index (Phi) is 4.61. The van der Waals surface area contributed by atoms with Crippen LogP contribution in [0.15, 0.2) is 30.3 Å². The highest BCUT2D eigenvalue weighted by Crippen LogP contribution is 2.08. The van der Waals surface area contributed by atoms with Crippen molar-refractivity contribution in [3.05, 3.63) is 35.9 Å². The molecular formula is C12H12F2N2O. The molecule has 0 saturated carbocycles. The van der Waals surface area contributed by atoms with E-state index in [0.29, 0.717) is 5.56 Å². The van der Waals surface area contributed by atoms with Crippen molar-refractivity contribution in [2.75, 3.05) is 13.1 Å². The van der Waals surface area contributed by atoms with Gasteiger partial charge in [-0.15, -0.1) is 0 Å². The van der Waals surface area contributed by atoms with E-state index in [1.807, 2.05) is 11.4 Å². The normalized spacial score (nSPS) is 10.3. The molecule has 0 atom stereocenters. The van der Waals surface area contributed by atoms with E-state index in [1.54, 1.807) is 24.3 Å². The molecule has 90 valence electrons. The number of nitrogens with two attached hydrogens (primary N) is 1. The fourth-order valence-electron chi connectivity index (χ4n) is 0.976. The average Bonchev–Trinajstić information content (AvgIpc) is 2.35. The van der Waals surface area contributed by atoms with Gasteiger partial charge in [0.1, 0.15) is 0 Å². The number of carbonyl (C=O) groups is 1. The van der Waals surface area contributed by atoms with Crippen molar-refractivity contribution in [1.82, 2.24) is 5.32 Å². The second-order valence-electron chi connectivity index (χ2n) is 3.36. The minimum absolute atomic E-state index is 0.647. The van der Waals surface area contributed by atoms with Crippen molar-refractivity contribution in [2.45, 2.75) is 5.92 Å². The molecule has 0 bridgehead atoms. The number of rotatable bonds is 3. The summed E-state index contributed by atoms with van der Waals surface area (Å²) >= 11 is 0. The summed E-state index contributed by atoms with van der Waals surface area (Å²) in [6, 6.07) is 8.78. The highest BCUT2D eigenvalue weighted by Gasteiger charge is 2.26. The number of hydrogen-bond acceptors (Lipinski definition) is 2. The van der Waals surface area contributed by atoms with E-state index < -0.39 is 24.9 Å². The Morgan fingerprint density at radius 1 is 1.35 bits per heavy atom. The Hall–Kier alpha value is -1.93. The van der Waals surface area contributed by atoms with Crippen LogP contribution >= 0.6 is 0 Å². The molecule has 1 aromatic rings. The molecule has 0 aliphatic carbocycles. The van der Waals surface area contributed by atoms with Crippen molar-refractivity contribution in [3.63, 3.8) is 0 Å². The molecular weight excluding hydrogens is 226 g/mol. The minimum atomic E-state index is -3.09. The van der Waals surface area contributed by atoms with E-state index in [-0.39, 0.29) is 0 Å². The van der Waals surface area contributed by atoms with Gasteiger partial charge in [0.2, 0.25) is 0 Å². The van der Waals surface area contributed by atoms with Crippen LogP contribution in [0, 0.1) is 11.8 Å². The molecule has 0 aliphatic heterocycles. The number of hydrogen-bond donors (Lipinski definition) is 2. The Morgan fingerprint density at radius 2 is 2.00 bits per heavy atom. The van der Waals surface area contributed by atoms with Crippen molar-refractivity contribution >= 4 is 5.91 Å². The lowest BCUT2D eigenvalue weighted by Gasteiger charge is -2.12. The van der Waals surface area contributed by atoms with Gasteiger partial charge < -0.3 is 11.1 Å². The van der Waals surface area contributed by atoms with Crippen LogP contribution in [0.25, 0.3) is 0 Å². The number of carbonyl (C=O) groups excluding carboxylic acids is 1. The highest BCUT2D eigenvalue weighted by atomic mass is 19.3. The zero-order valence-corrected chi connectivity index (χ0v) is 9.04. The van der Waals surface area contributed by atoms with Crippen molar-refractivity contribution in [1.29, 1.82) is 0 Å². The van der Waals surface area contributed by atoms with Crippen molar-refractivity contribution < 1.29 is 13.6 Å². The third-order valence-corrected chi connectivity index (χ3v) is 1.90. The molecule has 0 radical (unpaired) electrons. The van der Waals surface area contributed by atoms with E-state index in [9.17, 15) is 13.6 Å². The summed E-state index contributed by atoms with van der Waals surface area (Å²) in [6.07, 6.45) is 0. The molecule has 3 N–H and O–H groups in total. The summed E-state index contributed by atoms with van der Waals surface area (Å²) in [5, 5.41) is 2.00. The van der Waals surface area contributed by atoms with E-state index in [4.69, 9.17) is 5.73 Å². The number of alkyl halides is 2. The fraction of sp³-hybridized carbons (Fsp3) is 0.250. The third-order valence-electron chi connectivity index (χ3n) is 1.90. The molecule has 3 nitrogen and oxygen atoms in total. The molecule has 0 spiro atoms. The van der Waals surface area contributed by atoms with Crippen LogP contribution in [0.1, 0.15) is 5.56 Å². The maximum absolute atomic E-state index is 12.7. The summed E-state index contributed by atoms with van der Waals surface area (Å²) < 4.78 is 25.4. The van der Waals surface area contributed by atoms with E-state index >= 15 is 0 Å². The zero-order chi connectivity index (χ0) is 12.7. The van der Waals surface area contributed by atoms with Crippen molar-refractivity contribution in [3.8, 4) is 11.8 Å². The van der Waals surface area contributed by atoms with Crippen LogP contribution in [-0.2, 0) is 4.79 Å². The predicted molar refractivity (Wildman–Crippen MR) is 60.3 cm³/mol. The molecule has 0 heterocycles. The van der Waals surface area contributed by atoms with E-state index in [0.717, 1.165) is 0 Å². The van der Waals surface area contributed by atoms with Gasteiger partial charge in [0.05, 0.1) is 13.1 Å². The maximum Gasteiger partial charge on any atom is 0.296 e. The summed E-state index contributed by atoms with van der Waals surface area (Å²) in [5.41, 5.74) is 5.47. The average molecular weight is 238 g/mol. The molecule has 0 unspecified atom stereocenters. The molecule has 0 fully saturated rings. The summed E-state index contributed by atoms with van der Waals surface area (Å²) in [5.74, 6) is 0.941. The smallest absolute Gasteiger partial charge is 0.296 e. The SMILES string of the molecule is NCC(F)(F)CNC(=O)C#Cc1ccccc1. The molecule has 5 heteroatoms. The van der Waals surface area contributed by atoms with Crippen LogP contribution in [0.5, 0.6) is 0 Å². The number of halogens is 2. The highest BCUT2D eigenvalue weighted by molar-refractivity contribution is 5.94. The Balaban J connectivity index is 2.49. The first-order valence-corrected chi connectivity index (χ1v) is 4.96. The number of amides is 1. The van der Waals surface area contributed by atoms with E-state index in [1.165, 1.54) is 0 Å². The third kappa shape index (κ3) is 5.09. The van der Waals surface area contributed by atoms with E-state index in [2.05, 4.69) is 11.8 Å². The van der Waals surface area contributed by atoms with Gasteiger partial charge in [0.15, 0.2) is 0 Å². The van der Waals surface area contributed by atoms with Gasteiger partial charge in [0.25, 0.3) is 11.8 Å². The second kappa shape index (κ2) is 5.97. The van der Waals surface area contributed by atoms with Gasteiger partial charge in [-0.05, 0) is 12.1 Å².